The van der Waals surface area contributed by atoms with Crippen molar-refractivity contribution < 1.29 is 9.94 Å². The Balaban J connectivity index is 1.22. The van der Waals surface area contributed by atoms with E-state index in [9.17, 15) is 5.21 Å². The van der Waals surface area contributed by atoms with Gasteiger partial charge in [-0.3, -0.25) is 10.1 Å². The van der Waals surface area contributed by atoms with Gasteiger partial charge in [-0.25, -0.2) is 0 Å². The van der Waals surface area contributed by atoms with Gasteiger partial charge in [0.2, 0.25) is 0 Å². The highest BCUT2D eigenvalue weighted by atomic mass is 16.5. The van der Waals surface area contributed by atoms with Crippen LogP contribution in [0.2, 0.25) is 0 Å². The highest BCUT2D eigenvalue weighted by molar-refractivity contribution is 5.96. The molecular weight excluding hydrogens is 424 g/mol. The molecule has 1 aliphatic heterocycles. The number of hydrogen-bond acceptors (Lipinski definition) is 4. The van der Waals surface area contributed by atoms with Crippen molar-refractivity contribution in [1.29, 1.82) is 0 Å². The van der Waals surface area contributed by atoms with Crippen molar-refractivity contribution in [3.8, 4) is 5.75 Å². The molecule has 170 valence electrons. The van der Waals surface area contributed by atoms with Crippen molar-refractivity contribution in [2.75, 3.05) is 13.2 Å². The molecule has 1 aliphatic rings. The summed E-state index contributed by atoms with van der Waals surface area (Å²) in [6.07, 6.45) is 14.8. The highest BCUT2D eigenvalue weighted by Gasteiger charge is 2.04. The normalized spacial score (nSPS) is 13.9. The molecule has 3 heterocycles. The van der Waals surface area contributed by atoms with Crippen LogP contribution in [0.1, 0.15) is 34.5 Å². The van der Waals surface area contributed by atoms with E-state index >= 15 is 0 Å². The van der Waals surface area contributed by atoms with Crippen LogP contribution >= 0.6 is 0 Å². The van der Waals surface area contributed by atoms with Gasteiger partial charge in [-0.15, -0.1) is 0 Å². The summed E-state index contributed by atoms with van der Waals surface area (Å²) in [5, 5.41) is 18.3. The minimum Gasteiger partial charge on any atom is -0.487 e. The van der Waals surface area contributed by atoms with E-state index in [1.807, 2.05) is 66.8 Å². The lowest BCUT2D eigenvalue weighted by atomic mass is 10.1. The van der Waals surface area contributed by atoms with Gasteiger partial charge in [-0.1, -0.05) is 36.4 Å². The second-order valence-electron chi connectivity index (χ2n) is 8.26. The fourth-order valence-electron chi connectivity index (χ4n) is 3.85. The number of rotatable bonds is 7. The third-order valence-corrected chi connectivity index (χ3v) is 5.75. The zero-order chi connectivity index (χ0) is 23.3. The van der Waals surface area contributed by atoms with Crippen molar-refractivity contribution in [3.63, 3.8) is 0 Å². The summed E-state index contributed by atoms with van der Waals surface area (Å²) in [4.78, 5) is 4.46. The molecular formula is C28H26N4O2. The van der Waals surface area contributed by atoms with E-state index in [0.29, 0.717) is 6.61 Å². The van der Waals surface area contributed by atoms with Crippen LogP contribution in [0.5, 0.6) is 5.75 Å². The molecule has 0 saturated heterocycles. The van der Waals surface area contributed by atoms with E-state index in [0.717, 1.165) is 68.1 Å². The van der Waals surface area contributed by atoms with E-state index < -0.39 is 0 Å². The summed E-state index contributed by atoms with van der Waals surface area (Å²) in [6, 6.07) is 15.9. The fourth-order valence-corrected chi connectivity index (χ4v) is 3.85. The van der Waals surface area contributed by atoms with Gasteiger partial charge < -0.3 is 9.94 Å². The fraction of sp³-hybridized carbons (Fsp3) is 0.143. The molecule has 0 saturated carbocycles. The van der Waals surface area contributed by atoms with E-state index in [1.54, 1.807) is 6.20 Å². The zero-order valence-corrected chi connectivity index (χ0v) is 19.0. The standard InChI is InChI=1S/C28H26N4O2/c1-20-16-27(34-19-26-4-2-3-14-29-26)12-9-22(20)8-11-25-18-24(30-31-25)10-6-21-5-7-23-13-15-32(33)28(23)17-21/h2,4-13,15-18,33H,3,14,19H2,1H3,(H,30,31)/b10-6+,11-8+. The minimum absolute atomic E-state index is 0.496. The first-order valence-corrected chi connectivity index (χ1v) is 11.3. The van der Waals surface area contributed by atoms with Crippen molar-refractivity contribution in [3.05, 3.63) is 95.0 Å². The number of hydrogen-bond donors (Lipinski definition) is 2. The predicted molar refractivity (Wildman–Crippen MR) is 138 cm³/mol. The Labute approximate surface area is 198 Å². The molecule has 0 unspecified atom stereocenters. The quantitative estimate of drug-likeness (QED) is 0.338. The molecule has 0 bridgehead atoms. The van der Waals surface area contributed by atoms with Gasteiger partial charge in [0.25, 0.3) is 0 Å². The van der Waals surface area contributed by atoms with Crippen LogP contribution in [0.15, 0.2) is 71.9 Å². The number of ether oxygens (including phenoxy) is 1. The number of aryl methyl sites for hydroxylation is 1. The number of aliphatic imine (C=N–C) groups is 1. The zero-order valence-electron chi connectivity index (χ0n) is 19.0. The van der Waals surface area contributed by atoms with Gasteiger partial charge in [0.15, 0.2) is 0 Å². The number of aromatic amines is 1. The van der Waals surface area contributed by atoms with Crippen LogP contribution < -0.4 is 4.74 Å². The average Bonchev–Trinajstić information content (AvgIpc) is 3.48. The summed E-state index contributed by atoms with van der Waals surface area (Å²) in [5.41, 5.74) is 6.76. The number of H-pyrrole nitrogens is 1. The van der Waals surface area contributed by atoms with Crippen molar-refractivity contribution in [1.82, 2.24) is 14.9 Å². The number of fused-ring (bicyclic) bond motifs is 1. The monoisotopic (exact) mass is 450 g/mol. The van der Waals surface area contributed by atoms with Crippen LogP contribution in [-0.2, 0) is 0 Å². The molecule has 0 radical (unpaired) electrons. The molecule has 0 amide bonds. The number of dihydropyridines is 1. The third-order valence-electron chi connectivity index (χ3n) is 5.75. The van der Waals surface area contributed by atoms with Crippen LogP contribution in [-0.4, -0.2) is 39.0 Å². The summed E-state index contributed by atoms with van der Waals surface area (Å²) < 4.78 is 7.02. The Kier molecular flexibility index (Phi) is 6.12. The summed E-state index contributed by atoms with van der Waals surface area (Å²) in [5.74, 6) is 0.844. The molecule has 2 aromatic carbocycles. The number of benzene rings is 2. The lowest BCUT2D eigenvalue weighted by Gasteiger charge is -2.10. The van der Waals surface area contributed by atoms with Crippen LogP contribution in [0, 0.1) is 6.92 Å². The molecule has 0 aliphatic carbocycles. The number of aromatic nitrogens is 3. The summed E-state index contributed by atoms with van der Waals surface area (Å²) in [6.45, 7) is 3.42. The SMILES string of the molecule is Cc1cc(OCC2=NCCC=C2)ccc1/C=C/c1cc(/C=C/c2ccc3ccn(O)c3c2)n[nH]1. The Bertz CT molecular complexity index is 1440. The maximum Gasteiger partial charge on any atom is 0.130 e. The first kappa shape index (κ1) is 21.5. The third kappa shape index (κ3) is 5.02. The smallest absolute Gasteiger partial charge is 0.130 e. The molecule has 0 fully saturated rings. The lowest BCUT2D eigenvalue weighted by molar-refractivity contribution is 0.200. The second kappa shape index (κ2) is 9.67. The molecule has 0 spiro atoms. The minimum atomic E-state index is 0.496. The van der Waals surface area contributed by atoms with E-state index in [1.165, 1.54) is 0 Å². The van der Waals surface area contributed by atoms with Gasteiger partial charge in [-0.05, 0) is 78.6 Å². The molecule has 34 heavy (non-hydrogen) atoms. The number of nitrogens with zero attached hydrogens (tertiary/aromatic N) is 3. The molecule has 2 N–H and O–H groups in total. The van der Waals surface area contributed by atoms with Gasteiger partial charge in [0, 0.05) is 18.1 Å². The summed E-state index contributed by atoms with van der Waals surface area (Å²) in [7, 11) is 0. The average molecular weight is 451 g/mol. The molecule has 0 atom stereocenters. The lowest BCUT2D eigenvalue weighted by Crippen LogP contribution is -2.11. The Morgan fingerprint density at radius 2 is 2.00 bits per heavy atom. The van der Waals surface area contributed by atoms with E-state index in [2.05, 4.69) is 40.3 Å². The Morgan fingerprint density at radius 3 is 2.85 bits per heavy atom. The van der Waals surface area contributed by atoms with Crippen molar-refractivity contribution >= 4 is 40.9 Å². The maximum atomic E-state index is 9.85. The molecule has 2 aromatic heterocycles. The second-order valence-corrected chi connectivity index (χ2v) is 8.26. The van der Waals surface area contributed by atoms with Crippen molar-refractivity contribution in [2.45, 2.75) is 13.3 Å². The number of nitrogens with one attached hydrogen (secondary N) is 1. The van der Waals surface area contributed by atoms with Crippen molar-refractivity contribution in [2.24, 2.45) is 4.99 Å². The molecule has 6 nitrogen and oxygen atoms in total. The van der Waals surface area contributed by atoms with Crippen LogP contribution in [0.4, 0.5) is 0 Å². The van der Waals surface area contributed by atoms with Gasteiger partial charge in [0.1, 0.15) is 12.4 Å². The van der Waals surface area contributed by atoms with E-state index in [-0.39, 0.29) is 0 Å². The van der Waals surface area contributed by atoms with Gasteiger partial charge in [0.05, 0.1) is 22.6 Å². The topological polar surface area (TPSA) is 75.4 Å². The highest BCUT2D eigenvalue weighted by Crippen LogP contribution is 2.21. The Morgan fingerprint density at radius 1 is 1.06 bits per heavy atom. The van der Waals surface area contributed by atoms with E-state index in [4.69, 9.17) is 4.74 Å². The molecule has 6 heteroatoms. The van der Waals surface area contributed by atoms with Crippen LogP contribution in [0.3, 0.4) is 0 Å². The largest absolute Gasteiger partial charge is 0.487 e. The Hall–Kier alpha value is -4.32. The van der Waals surface area contributed by atoms with Gasteiger partial charge in [-0.2, -0.15) is 9.83 Å². The predicted octanol–water partition coefficient (Wildman–Crippen LogP) is 6.03. The first-order valence-electron chi connectivity index (χ1n) is 11.3. The maximum absolute atomic E-state index is 9.85. The van der Waals surface area contributed by atoms with Crippen LogP contribution in [0.25, 0.3) is 35.2 Å². The molecule has 5 rings (SSSR count). The van der Waals surface area contributed by atoms with Gasteiger partial charge >= 0.3 is 0 Å². The summed E-state index contributed by atoms with van der Waals surface area (Å²) >= 11 is 0. The molecule has 4 aromatic rings. The first-order chi connectivity index (χ1) is 16.6.